The fourth-order valence-electron chi connectivity index (χ4n) is 3.45. The number of carbonyl (C=O) groups excluding carboxylic acids is 2. The van der Waals surface area contributed by atoms with E-state index >= 15 is 0 Å². The van der Waals surface area contributed by atoms with Crippen molar-refractivity contribution >= 4 is 40.7 Å². The van der Waals surface area contributed by atoms with Crippen LogP contribution in [0.15, 0.2) is 42.5 Å². The summed E-state index contributed by atoms with van der Waals surface area (Å²) in [6.07, 6.45) is 2.01. The van der Waals surface area contributed by atoms with Crippen LogP contribution in [0.25, 0.3) is 0 Å². The first-order valence-corrected chi connectivity index (χ1v) is 9.91. The highest BCUT2D eigenvalue weighted by atomic mass is 35.5. The number of benzene rings is 2. The van der Waals surface area contributed by atoms with Crippen LogP contribution in [0.2, 0.25) is 10.0 Å². The number of likely N-dealkylation sites (tertiary alicyclic amines) is 1. The number of nitrogens with zero attached hydrogens (tertiary/aromatic N) is 2. The molecule has 1 aliphatic rings. The topological polar surface area (TPSA) is 52.7 Å². The van der Waals surface area contributed by atoms with Gasteiger partial charge in [-0.1, -0.05) is 29.3 Å². The van der Waals surface area contributed by atoms with Gasteiger partial charge in [0.25, 0.3) is 5.91 Å². The van der Waals surface area contributed by atoms with E-state index in [0.717, 1.165) is 24.9 Å². The summed E-state index contributed by atoms with van der Waals surface area (Å²) in [6.45, 7) is 1.15. The average molecular weight is 420 g/mol. The smallest absolute Gasteiger partial charge is 0.253 e. The molecule has 2 amide bonds. The largest absolute Gasteiger partial charge is 0.345 e. The van der Waals surface area contributed by atoms with Gasteiger partial charge in [0.05, 0.1) is 16.6 Å². The third kappa shape index (κ3) is 4.85. The molecule has 0 bridgehead atoms. The Labute approximate surface area is 175 Å². The van der Waals surface area contributed by atoms with Gasteiger partial charge in [0.15, 0.2) is 0 Å². The first kappa shape index (κ1) is 20.6. The number of carbonyl (C=O) groups is 2. The van der Waals surface area contributed by atoms with E-state index in [9.17, 15) is 9.59 Å². The Morgan fingerprint density at radius 2 is 1.82 bits per heavy atom. The van der Waals surface area contributed by atoms with Gasteiger partial charge in [-0.15, -0.1) is 0 Å². The molecule has 5 nitrogen and oxygen atoms in total. The third-order valence-corrected chi connectivity index (χ3v) is 5.60. The number of anilines is 1. The monoisotopic (exact) mass is 419 g/mol. The van der Waals surface area contributed by atoms with E-state index in [-0.39, 0.29) is 17.9 Å². The molecular formula is C21H23Cl2N3O2. The van der Waals surface area contributed by atoms with Gasteiger partial charge in [-0.05, 0) is 61.3 Å². The van der Waals surface area contributed by atoms with Crippen molar-refractivity contribution in [2.45, 2.75) is 18.9 Å². The van der Waals surface area contributed by atoms with E-state index in [0.29, 0.717) is 27.8 Å². The minimum atomic E-state index is -0.0846. The molecule has 1 fully saturated rings. The van der Waals surface area contributed by atoms with E-state index in [1.54, 1.807) is 44.4 Å². The lowest BCUT2D eigenvalue weighted by Crippen LogP contribution is -2.33. The number of rotatable bonds is 5. The van der Waals surface area contributed by atoms with Crippen LogP contribution in [-0.4, -0.2) is 48.8 Å². The molecular weight excluding hydrogens is 397 g/mol. The molecule has 1 unspecified atom stereocenters. The maximum Gasteiger partial charge on any atom is 0.253 e. The summed E-state index contributed by atoms with van der Waals surface area (Å²) in [6, 6.07) is 12.7. The lowest BCUT2D eigenvalue weighted by atomic mass is 10.0. The van der Waals surface area contributed by atoms with Gasteiger partial charge in [-0.3, -0.25) is 14.5 Å². The molecule has 1 heterocycles. The van der Waals surface area contributed by atoms with Crippen molar-refractivity contribution in [3.8, 4) is 0 Å². The minimum Gasteiger partial charge on any atom is -0.345 e. The number of hydrogen-bond acceptors (Lipinski definition) is 3. The molecule has 1 saturated heterocycles. The van der Waals surface area contributed by atoms with E-state index in [1.165, 1.54) is 4.90 Å². The second-order valence-corrected chi connectivity index (χ2v) is 7.94. The van der Waals surface area contributed by atoms with E-state index in [1.807, 2.05) is 12.1 Å². The van der Waals surface area contributed by atoms with Crippen LogP contribution in [0.4, 0.5) is 5.69 Å². The van der Waals surface area contributed by atoms with Gasteiger partial charge in [-0.25, -0.2) is 0 Å². The SMILES string of the molecule is CN(C)C(=O)c1ccc(NC(=O)CN2CCCC2c2ccc(Cl)c(Cl)c2)cc1. The highest BCUT2D eigenvalue weighted by molar-refractivity contribution is 6.42. The molecule has 1 aliphatic heterocycles. The van der Waals surface area contributed by atoms with Crippen LogP contribution >= 0.6 is 23.2 Å². The summed E-state index contributed by atoms with van der Waals surface area (Å²) in [7, 11) is 3.41. The number of halogens is 2. The molecule has 0 spiro atoms. The van der Waals surface area contributed by atoms with Crippen molar-refractivity contribution in [2.75, 3.05) is 32.5 Å². The van der Waals surface area contributed by atoms with Crippen molar-refractivity contribution < 1.29 is 9.59 Å². The third-order valence-electron chi connectivity index (χ3n) is 4.86. The molecule has 2 aromatic rings. The summed E-state index contributed by atoms with van der Waals surface area (Å²) in [5.41, 5.74) is 2.33. The fraction of sp³-hybridized carbons (Fsp3) is 0.333. The quantitative estimate of drug-likeness (QED) is 0.777. The van der Waals surface area contributed by atoms with E-state index in [2.05, 4.69) is 10.2 Å². The molecule has 0 aliphatic carbocycles. The van der Waals surface area contributed by atoms with Crippen LogP contribution < -0.4 is 5.32 Å². The van der Waals surface area contributed by atoms with Gasteiger partial charge in [0, 0.05) is 31.4 Å². The molecule has 148 valence electrons. The molecule has 28 heavy (non-hydrogen) atoms. The lowest BCUT2D eigenvalue weighted by Gasteiger charge is -2.24. The number of hydrogen-bond donors (Lipinski definition) is 1. The van der Waals surface area contributed by atoms with Crippen molar-refractivity contribution in [3.63, 3.8) is 0 Å². The van der Waals surface area contributed by atoms with Crippen molar-refractivity contribution in [3.05, 3.63) is 63.6 Å². The summed E-state index contributed by atoms with van der Waals surface area (Å²) in [5.74, 6) is -0.155. The maximum absolute atomic E-state index is 12.5. The van der Waals surface area contributed by atoms with Gasteiger partial charge >= 0.3 is 0 Å². The van der Waals surface area contributed by atoms with Crippen molar-refractivity contribution in [1.29, 1.82) is 0 Å². The molecule has 3 rings (SSSR count). The fourth-order valence-corrected chi connectivity index (χ4v) is 3.76. The van der Waals surface area contributed by atoms with Crippen LogP contribution in [0.1, 0.15) is 34.8 Å². The lowest BCUT2D eigenvalue weighted by molar-refractivity contribution is -0.117. The second-order valence-electron chi connectivity index (χ2n) is 7.13. The van der Waals surface area contributed by atoms with Crippen molar-refractivity contribution in [1.82, 2.24) is 9.80 Å². The van der Waals surface area contributed by atoms with E-state index in [4.69, 9.17) is 23.2 Å². The molecule has 1 N–H and O–H groups in total. The van der Waals surface area contributed by atoms with Gasteiger partial charge < -0.3 is 10.2 Å². The van der Waals surface area contributed by atoms with Gasteiger partial charge in [-0.2, -0.15) is 0 Å². The first-order chi connectivity index (χ1) is 13.3. The summed E-state index contributed by atoms with van der Waals surface area (Å²) >= 11 is 12.2. The molecule has 2 aromatic carbocycles. The molecule has 7 heteroatoms. The number of nitrogens with one attached hydrogen (secondary N) is 1. The predicted octanol–water partition coefficient (Wildman–Crippen LogP) is 4.47. The Kier molecular flexibility index (Phi) is 6.60. The Bertz CT molecular complexity index is 868. The predicted molar refractivity (Wildman–Crippen MR) is 113 cm³/mol. The van der Waals surface area contributed by atoms with Crippen LogP contribution in [0.5, 0.6) is 0 Å². The van der Waals surface area contributed by atoms with Gasteiger partial charge in [0.2, 0.25) is 5.91 Å². The van der Waals surface area contributed by atoms with Crippen LogP contribution in [0.3, 0.4) is 0 Å². The second kappa shape index (κ2) is 8.95. The van der Waals surface area contributed by atoms with Crippen LogP contribution in [0, 0.1) is 0 Å². The zero-order chi connectivity index (χ0) is 20.3. The summed E-state index contributed by atoms with van der Waals surface area (Å²) in [4.78, 5) is 28.1. The zero-order valence-electron chi connectivity index (χ0n) is 15.9. The van der Waals surface area contributed by atoms with Crippen molar-refractivity contribution in [2.24, 2.45) is 0 Å². The highest BCUT2D eigenvalue weighted by Crippen LogP contribution is 2.34. The Hall–Kier alpha value is -2.08. The Morgan fingerprint density at radius 3 is 2.46 bits per heavy atom. The Balaban J connectivity index is 1.62. The maximum atomic E-state index is 12.5. The normalized spacial score (nSPS) is 16.8. The highest BCUT2D eigenvalue weighted by Gasteiger charge is 2.28. The Morgan fingerprint density at radius 1 is 1.11 bits per heavy atom. The van der Waals surface area contributed by atoms with Gasteiger partial charge in [0.1, 0.15) is 0 Å². The van der Waals surface area contributed by atoms with Crippen LogP contribution in [-0.2, 0) is 4.79 Å². The molecule has 0 radical (unpaired) electrons. The zero-order valence-corrected chi connectivity index (χ0v) is 17.4. The summed E-state index contributed by atoms with van der Waals surface area (Å²) in [5, 5.41) is 3.97. The molecule has 0 saturated carbocycles. The minimum absolute atomic E-state index is 0.0700. The van der Waals surface area contributed by atoms with E-state index < -0.39 is 0 Å². The summed E-state index contributed by atoms with van der Waals surface area (Å²) < 4.78 is 0. The standard InChI is InChI=1S/C21H23Cl2N3O2/c1-25(2)21(28)14-5-8-16(9-6-14)24-20(27)13-26-11-3-4-19(26)15-7-10-17(22)18(23)12-15/h5-10,12,19H,3-4,11,13H2,1-2H3,(H,24,27). The first-order valence-electron chi connectivity index (χ1n) is 9.15. The number of amides is 2. The molecule has 0 aromatic heterocycles. The average Bonchev–Trinajstić information content (AvgIpc) is 3.11. The molecule has 1 atom stereocenters.